The van der Waals surface area contributed by atoms with Crippen LogP contribution in [-0.4, -0.2) is 25.2 Å². The van der Waals surface area contributed by atoms with Crippen LogP contribution in [0.3, 0.4) is 0 Å². The standard InChI is InChI=1S/C23H19N3O3/c1-23(2)9-7-14-18(29-23)6-5-17-19(14)22(28)26-10-8-13-15-11-12(27)3-4-16(15)24-20(13)21(26)25-17/h3-7,9,11,24,27H,8,10H2,1-2H3. The van der Waals surface area contributed by atoms with Crippen molar-refractivity contribution < 1.29 is 9.84 Å². The second-order valence-electron chi connectivity index (χ2n) is 8.26. The highest BCUT2D eigenvalue weighted by Crippen LogP contribution is 2.37. The number of fused-ring (bicyclic) bond motifs is 8. The molecule has 0 amide bonds. The molecule has 0 fully saturated rings. The molecule has 0 radical (unpaired) electrons. The molecule has 29 heavy (non-hydrogen) atoms. The van der Waals surface area contributed by atoms with Gasteiger partial charge in [0.05, 0.1) is 16.6 Å². The van der Waals surface area contributed by atoms with Gasteiger partial charge in [-0.25, -0.2) is 4.98 Å². The molecule has 2 aliphatic rings. The maximum Gasteiger partial charge on any atom is 0.262 e. The number of nitrogens with one attached hydrogen (secondary N) is 1. The number of ether oxygens (including phenoxy) is 1. The van der Waals surface area contributed by atoms with Gasteiger partial charge in [0.1, 0.15) is 17.1 Å². The number of rotatable bonds is 0. The Morgan fingerprint density at radius 2 is 2.10 bits per heavy atom. The number of aromatic amines is 1. The van der Waals surface area contributed by atoms with Crippen molar-refractivity contribution in [3.05, 3.63) is 57.9 Å². The number of H-pyrrole nitrogens is 1. The van der Waals surface area contributed by atoms with E-state index in [2.05, 4.69) is 4.98 Å². The van der Waals surface area contributed by atoms with Gasteiger partial charge in [-0.15, -0.1) is 0 Å². The van der Waals surface area contributed by atoms with E-state index >= 15 is 0 Å². The van der Waals surface area contributed by atoms with Crippen LogP contribution in [-0.2, 0) is 13.0 Å². The predicted molar refractivity (Wildman–Crippen MR) is 112 cm³/mol. The van der Waals surface area contributed by atoms with Gasteiger partial charge in [-0.1, -0.05) is 6.08 Å². The van der Waals surface area contributed by atoms with Crippen molar-refractivity contribution in [3.63, 3.8) is 0 Å². The largest absolute Gasteiger partial charge is 0.508 e. The van der Waals surface area contributed by atoms with Crippen LogP contribution in [0.2, 0.25) is 0 Å². The van der Waals surface area contributed by atoms with Gasteiger partial charge in [-0.2, -0.15) is 0 Å². The number of phenols is 1. The number of benzene rings is 2. The second kappa shape index (κ2) is 5.29. The number of hydrogen-bond donors (Lipinski definition) is 2. The molecule has 2 aromatic heterocycles. The molecular weight excluding hydrogens is 366 g/mol. The lowest BCUT2D eigenvalue weighted by Crippen LogP contribution is -2.30. The van der Waals surface area contributed by atoms with E-state index in [1.807, 2.05) is 44.2 Å². The molecule has 0 spiro atoms. The van der Waals surface area contributed by atoms with Crippen molar-refractivity contribution in [1.82, 2.24) is 14.5 Å². The Kier molecular flexibility index (Phi) is 2.99. The SMILES string of the molecule is CC1(C)C=Cc2c(ccc3nc4n(c(=O)c23)CCc2c-4[nH]c3ccc(O)cc23)O1. The molecule has 4 aromatic rings. The van der Waals surface area contributed by atoms with Crippen LogP contribution in [0, 0.1) is 0 Å². The normalized spacial score (nSPS) is 16.3. The molecule has 2 aliphatic heterocycles. The molecule has 0 aliphatic carbocycles. The van der Waals surface area contributed by atoms with Crippen molar-refractivity contribution in [3.8, 4) is 23.0 Å². The number of aromatic nitrogens is 3. The maximum atomic E-state index is 13.5. The number of aromatic hydroxyl groups is 1. The monoisotopic (exact) mass is 385 g/mol. The van der Waals surface area contributed by atoms with Crippen LogP contribution in [0.1, 0.15) is 25.0 Å². The van der Waals surface area contributed by atoms with Gasteiger partial charge in [0.15, 0.2) is 5.82 Å². The number of aryl methyl sites for hydroxylation is 1. The first kappa shape index (κ1) is 16.4. The molecule has 6 heteroatoms. The van der Waals surface area contributed by atoms with Crippen molar-refractivity contribution in [2.24, 2.45) is 0 Å². The highest BCUT2D eigenvalue weighted by atomic mass is 16.5. The summed E-state index contributed by atoms with van der Waals surface area (Å²) in [6.45, 7) is 4.53. The van der Waals surface area contributed by atoms with Gasteiger partial charge in [0.2, 0.25) is 0 Å². The summed E-state index contributed by atoms with van der Waals surface area (Å²) >= 11 is 0. The zero-order valence-electron chi connectivity index (χ0n) is 16.1. The van der Waals surface area contributed by atoms with Crippen LogP contribution < -0.4 is 10.3 Å². The topological polar surface area (TPSA) is 80.1 Å². The lowest BCUT2D eigenvalue weighted by atomic mass is 9.99. The molecule has 0 saturated carbocycles. The van der Waals surface area contributed by atoms with E-state index in [0.717, 1.165) is 27.7 Å². The fourth-order valence-corrected chi connectivity index (χ4v) is 4.48. The van der Waals surface area contributed by atoms with E-state index < -0.39 is 5.60 Å². The predicted octanol–water partition coefficient (Wildman–Crippen LogP) is 3.99. The average Bonchev–Trinajstić information content (AvgIpc) is 3.05. The summed E-state index contributed by atoms with van der Waals surface area (Å²) in [6, 6.07) is 9.02. The van der Waals surface area contributed by atoms with E-state index in [-0.39, 0.29) is 11.3 Å². The van der Waals surface area contributed by atoms with E-state index in [4.69, 9.17) is 9.72 Å². The van der Waals surface area contributed by atoms with Gasteiger partial charge in [-0.3, -0.25) is 9.36 Å². The fourth-order valence-electron chi connectivity index (χ4n) is 4.48. The Balaban J connectivity index is 1.65. The van der Waals surface area contributed by atoms with E-state index in [1.165, 1.54) is 0 Å². The summed E-state index contributed by atoms with van der Waals surface area (Å²) in [7, 11) is 0. The van der Waals surface area contributed by atoms with Crippen LogP contribution >= 0.6 is 0 Å². The summed E-state index contributed by atoms with van der Waals surface area (Å²) in [4.78, 5) is 21.7. The van der Waals surface area contributed by atoms with Crippen LogP contribution in [0.5, 0.6) is 11.5 Å². The van der Waals surface area contributed by atoms with Crippen LogP contribution in [0.4, 0.5) is 0 Å². The Morgan fingerprint density at radius 3 is 2.97 bits per heavy atom. The molecule has 0 bridgehead atoms. The molecule has 2 aromatic carbocycles. The molecule has 6 nitrogen and oxygen atoms in total. The highest BCUT2D eigenvalue weighted by molar-refractivity contribution is 5.94. The summed E-state index contributed by atoms with van der Waals surface area (Å²) in [5.41, 5.74) is 3.86. The average molecular weight is 385 g/mol. The van der Waals surface area contributed by atoms with Crippen molar-refractivity contribution >= 4 is 27.9 Å². The number of nitrogens with zero attached hydrogens (tertiary/aromatic N) is 2. The van der Waals surface area contributed by atoms with E-state index in [0.29, 0.717) is 35.4 Å². The summed E-state index contributed by atoms with van der Waals surface area (Å²) in [5, 5.41) is 11.4. The highest BCUT2D eigenvalue weighted by Gasteiger charge is 2.28. The molecule has 0 atom stereocenters. The molecular formula is C23H19N3O3. The molecule has 2 N–H and O–H groups in total. The van der Waals surface area contributed by atoms with Crippen molar-refractivity contribution in [1.29, 1.82) is 0 Å². The zero-order valence-corrected chi connectivity index (χ0v) is 16.1. The third-order valence-corrected chi connectivity index (χ3v) is 5.85. The number of phenolic OH excluding ortho intramolecular Hbond substituents is 1. The van der Waals surface area contributed by atoms with Crippen LogP contribution in [0.25, 0.3) is 39.4 Å². The first-order chi connectivity index (χ1) is 13.9. The third kappa shape index (κ3) is 2.23. The smallest absolute Gasteiger partial charge is 0.262 e. The Bertz CT molecular complexity index is 1440. The lowest BCUT2D eigenvalue weighted by Gasteiger charge is -2.28. The lowest BCUT2D eigenvalue weighted by molar-refractivity contribution is 0.159. The van der Waals surface area contributed by atoms with Crippen molar-refractivity contribution in [2.75, 3.05) is 0 Å². The minimum absolute atomic E-state index is 0.0537. The van der Waals surface area contributed by atoms with Gasteiger partial charge in [-0.05, 0) is 62.2 Å². The summed E-state index contributed by atoms with van der Waals surface area (Å²) in [6.07, 6.45) is 4.64. The van der Waals surface area contributed by atoms with Gasteiger partial charge >= 0.3 is 0 Å². The first-order valence-electron chi connectivity index (χ1n) is 9.71. The molecule has 4 heterocycles. The summed E-state index contributed by atoms with van der Waals surface area (Å²) < 4.78 is 7.79. The second-order valence-corrected chi connectivity index (χ2v) is 8.26. The summed E-state index contributed by atoms with van der Waals surface area (Å²) in [5.74, 6) is 1.58. The minimum Gasteiger partial charge on any atom is -0.508 e. The van der Waals surface area contributed by atoms with E-state index in [1.54, 1.807) is 16.7 Å². The minimum atomic E-state index is -0.399. The van der Waals surface area contributed by atoms with Gasteiger partial charge in [0.25, 0.3) is 5.56 Å². The Morgan fingerprint density at radius 1 is 1.24 bits per heavy atom. The third-order valence-electron chi connectivity index (χ3n) is 5.85. The number of hydrogen-bond acceptors (Lipinski definition) is 4. The maximum absolute atomic E-state index is 13.5. The molecule has 0 unspecified atom stereocenters. The molecule has 6 rings (SSSR count). The fraction of sp³-hybridized carbons (Fsp3) is 0.217. The first-order valence-corrected chi connectivity index (χ1v) is 9.71. The van der Waals surface area contributed by atoms with Gasteiger partial charge in [0, 0.05) is 23.0 Å². The Hall–Kier alpha value is -3.54. The zero-order chi connectivity index (χ0) is 19.9. The molecule has 144 valence electrons. The van der Waals surface area contributed by atoms with E-state index in [9.17, 15) is 9.90 Å². The Labute approximate surface area is 166 Å². The molecule has 0 saturated heterocycles. The quantitative estimate of drug-likeness (QED) is 0.480. The van der Waals surface area contributed by atoms with Gasteiger partial charge < -0.3 is 14.8 Å². The van der Waals surface area contributed by atoms with Crippen molar-refractivity contribution in [2.45, 2.75) is 32.4 Å². The van der Waals surface area contributed by atoms with Crippen LogP contribution in [0.15, 0.2) is 41.2 Å².